The van der Waals surface area contributed by atoms with Gasteiger partial charge in [0.05, 0.1) is 0 Å². The highest BCUT2D eigenvalue weighted by Gasteiger charge is 2.31. The fourth-order valence-corrected chi connectivity index (χ4v) is 2.97. The van der Waals surface area contributed by atoms with E-state index in [1.165, 1.54) is 16.2 Å². The van der Waals surface area contributed by atoms with Crippen molar-refractivity contribution >= 4 is 23.2 Å². The Hall–Kier alpha value is -2.35. The van der Waals surface area contributed by atoms with Crippen molar-refractivity contribution < 1.29 is 9.59 Å². The quantitative estimate of drug-likeness (QED) is 0.822. The highest BCUT2D eigenvalue weighted by molar-refractivity contribution is 7.13. The van der Waals surface area contributed by atoms with Crippen LogP contribution < -0.4 is 0 Å². The van der Waals surface area contributed by atoms with E-state index in [-0.39, 0.29) is 24.4 Å². The highest BCUT2D eigenvalue weighted by Crippen LogP contribution is 2.21. The summed E-state index contributed by atoms with van der Waals surface area (Å²) in [7, 11) is 1.75. The van der Waals surface area contributed by atoms with E-state index in [4.69, 9.17) is 0 Å². The molecule has 1 aliphatic heterocycles. The molecule has 2 amide bonds. The number of amides is 2. The van der Waals surface area contributed by atoms with E-state index in [9.17, 15) is 9.59 Å². The van der Waals surface area contributed by atoms with Gasteiger partial charge in [-0.05, 0) is 13.0 Å². The van der Waals surface area contributed by atoms with Gasteiger partial charge in [0.2, 0.25) is 5.91 Å². The minimum absolute atomic E-state index is 0.000706. The first kappa shape index (κ1) is 14.6. The SMILES string of the molecule is CC1CN(C(=O)c2csc(-c3ncccn3)n2)CC(=O)N1C. The molecule has 1 fully saturated rings. The number of rotatable bonds is 2. The summed E-state index contributed by atoms with van der Waals surface area (Å²) >= 11 is 1.32. The molecule has 2 aromatic heterocycles. The van der Waals surface area contributed by atoms with Gasteiger partial charge in [0.15, 0.2) is 10.8 Å². The second-order valence-electron chi connectivity index (χ2n) is 5.15. The summed E-state index contributed by atoms with van der Waals surface area (Å²) in [5.41, 5.74) is 0.331. The Bertz CT molecular complexity index is 702. The molecule has 2 aromatic rings. The molecule has 0 radical (unpaired) electrons. The Labute approximate surface area is 131 Å². The van der Waals surface area contributed by atoms with Crippen LogP contribution in [0.1, 0.15) is 17.4 Å². The number of thiazole rings is 1. The molecule has 1 aliphatic rings. The Morgan fingerprint density at radius 2 is 2.09 bits per heavy atom. The number of aromatic nitrogens is 3. The number of carbonyl (C=O) groups is 2. The third-order valence-electron chi connectivity index (χ3n) is 3.63. The third kappa shape index (κ3) is 2.69. The average Bonchev–Trinajstić information content (AvgIpc) is 3.02. The summed E-state index contributed by atoms with van der Waals surface area (Å²) in [4.78, 5) is 40.1. The zero-order valence-electron chi connectivity index (χ0n) is 12.3. The number of hydrogen-bond acceptors (Lipinski definition) is 6. The fraction of sp³-hybridized carbons (Fsp3) is 0.357. The first-order valence-electron chi connectivity index (χ1n) is 6.84. The summed E-state index contributed by atoms with van der Waals surface area (Å²) < 4.78 is 0. The fourth-order valence-electron chi connectivity index (χ4n) is 2.23. The first-order valence-corrected chi connectivity index (χ1v) is 7.72. The van der Waals surface area contributed by atoms with Crippen LogP contribution >= 0.6 is 11.3 Å². The van der Waals surface area contributed by atoms with Crippen LogP contribution in [-0.2, 0) is 4.79 Å². The molecule has 0 spiro atoms. The number of carbonyl (C=O) groups excluding carboxylic acids is 2. The monoisotopic (exact) mass is 317 g/mol. The maximum atomic E-state index is 12.5. The lowest BCUT2D eigenvalue weighted by Gasteiger charge is -2.36. The van der Waals surface area contributed by atoms with Crippen molar-refractivity contribution in [1.29, 1.82) is 0 Å². The van der Waals surface area contributed by atoms with E-state index in [0.717, 1.165) is 0 Å². The van der Waals surface area contributed by atoms with Crippen LogP contribution in [0.4, 0.5) is 0 Å². The molecule has 1 saturated heterocycles. The lowest BCUT2D eigenvalue weighted by molar-refractivity contribution is -0.136. The molecule has 0 saturated carbocycles. The molecular formula is C14H15N5O2S. The first-order chi connectivity index (χ1) is 10.6. The summed E-state index contributed by atoms with van der Waals surface area (Å²) in [6, 6.07) is 1.72. The third-order valence-corrected chi connectivity index (χ3v) is 4.47. The Morgan fingerprint density at radius 3 is 2.77 bits per heavy atom. The molecule has 8 heteroatoms. The van der Waals surface area contributed by atoms with Gasteiger partial charge in [-0.15, -0.1) is 11.3 Å². The largest absolute Gasteiger partial charge is 0.340 e. The molecule has 3 heterocycles. The number of likely N-dealkylation sites (N-methyl/N-ethyl adjacent to an activating group) is 1. The van der Waals surface area contributed by atoms with Gasteiger partial charge in [-0.1, -0.05) is 0 Å². The van der Waals surface area contributed by atoms with E-state index in [1.807, 2.05) is 6.92 Å². The van der Waals surface area contributed by atoms with Gasteiger partial charge in [0, 0.05) is 37.4 Å². The zero-order valence-corrected chi connectivity index (χ0v) is 13.1. The summed E-state index contributed by atoms with van der Waals surface area (Å²) in [6.45, 7) is 2.52. The summed E-state index contributed by atoms with van der Waals surface area (Å²) in [6.07, 6.45) is 3.26. The lowest BCUT2D eigenvalue weighted by atomic mass is 10.2. The van der Waals surface area contributed by atoms with Gasteiger partial charge >= 0.3 is 0 Å². The Morgan fingerprint density at radius 1 is 1.36 bits per heavy atom. The van der Waals surface area contributed by atoms with Gasteiger partial charge in [0.25, 0.3) is 5.91 Å². The Balaban J connectivity index is 1.79. The van der Waals surface area contributed by atoms with Crippen LogP contribution in [0.5, 0.6) is 0 Å². The summed E-state index contributed by atoms with van der Waals surface area (Å²) in [5.74, 6) is 0.204. The van der Waals surface area contributed by atoms with Gasteiger partial charge in [0.1, 0.15) is 12.2 Å². The smallest absolute Gasteiger partial charge is 0.273 e. The molecule has 1 unspecified atom stereocenters. The lowest BCUT2D eigenvalue weighted by Crippen LogP contribution is -2.55. The normalized spacial score (nSPS) is 18.6. The van der Waals surface area contributed by atoms with Crippen molar-refractivity contribution in [3.05, 3.63) is 29.5 Å². The maximum Gasteiger partial charge on any atom is 0.273 e. The van der Waals surface area contributed by atoms with Crippen LogP contribution in [0.2, 0.25) is 0 Å². The van der Waals surface area contributed by atoms with E-state index in [0.29, 0.717) is 23.1 Å². The van der Waals surface area contributed by atoms with Crippen LogP contribution in [0.3, 0.4) is 0 Å². The maximum absolute atomic E-state index is 12.5. The van der Waals surface area contributed by atoms with Crippen molar-refractivity contribution in [1.82, 2.24) is 24.8 Å². The van der Waals surface area contributed by atoms with E-state index in [1.54, 1.807) is 35.8 Å². The van der Waals surface area contributed by atoms with Crippen LogP contribution in [0.15, 0.2) is 23.8 Å². The number of nitrogens with zero attached hydrogens (tertiary/aromatic N) is 5. The molecule has 0 aliphatic carbocycles. The van der Waals surface area contributed by atoms with Crippen molar-refractivity contribution in [3.8, 4) is 10.8 Å². The standard InChI is InChI=1S/C14H15N5O2S/c1-9-6-19(7-11(20)18(9)2)14(21)10-8-22-13(17-10)12-15-4-3-5-16-12/h3-5,8-9H,6-7H2,1-2H3. The van der Waals surface area contributed by atoms with Gasteiger partial charge in [-0.25, -0.2) is 15.0 Å². The van der Waals surface area contributed by atoms with Crippen LogP contribution in [0.25, 0.3) is 10.8 Å². The minimum atomic E-state index is -0.230. The molecule has 0 bridgehead atoms. The number of piperazine rings is 1. The van der Waals surface area contributed by atoms with E-state index >= 15 is 0 Å². The van der Waals surface area contributed by atoms with Crippen molar-refractivity contribution in [3.63, 3.8) is 0 Å². The van der Waals surface area contributed by atoms with Crippen molar-refractivity contribution in [2.45, 2.75) is 13.0 Å². The molecule has 7 nitrogen and oxygen atoms in total. The molecule has 22 heavy (non-hydrogen) atoms. The number of hydrogen-bond donors (Lipinski definition) is 0. The van der Waals surface area contributed by atoms with Gasteiger partial charge in [-0.3, -0.25) is 9.59 Å². The highest BCUT2D eigenvalue weighted by atomic mass is 32.1. The molecule has 114 valence electrons. The van der Waals surface area contributed by atoms with Gasteiger partial charge in [-0.2, -0.15) is 0 Å². The van der Waals surface area contributed by atoms with Crippen LogP contribution in [0, 0.1) is 0 Å². The average molecular weight is 317 g/mol. The van der Waals surface area contributed by atoms with Crippen molar-refractivity contribution in [2.75, 3.05) is 20.1 Å². The molecule has 3 rings (SSSR count). The molecule has 0 N–H and O–H groups in total. The molecule has 0 aromatic carbocycles. The molecule has 1 atom stereocenters. The van der Waals surface area contributed by atoms with Crippen LogP contribution in [-0.4, -0.2) is 62.7 Å². The van der Waals surface area contributed by atoms with E-state index < -0.39 is 0 Å². The zero-order chi connectivity index (χ0) is 15.7. The summed E-state index contributed by atoms with van der Waals surface area (Å²) in [5, 5.41) is 2.28. The predicted molar refractivity (Wildman–Crippen MR) is 81.3 cm³/mol. The molecular weight excluding hydrogens is 302 g/mol. The van der Waals surface area contributed by atoms with Crippen molar-refractivity contribution in [2.24, 2.45) is 0 Å². The second-order valence-corrected chi connectivity index (χ2v) is 6.01. The topological polar surface area (TPSA) is 79.3 Å². The van der Waals surface area contributed by atoms with Gasteiger partial charge < -0.3 is 9.80 Å². The Kier molecular flexibility index (Phi) is 3.84. The second kappa shape index (κ2) is 5.80. The minimum Gasteiger partial charge on any atom is -0.340 e. The predicted octanol–water partition coefficient (Wildman–Crippen LogP) is 0.903. The van der Waals surface area contributed by atoms with E-state index in [2.05, 4.69) is 15.0 Å².